The summed E-state index contributed by atoms with van der Waals surface area (Å²) in [6, 6.07) is 5.11. The number of amides is 1. The number of pyridine rings is 1. The molecule has 5 nitrogen and oxygen atoms in total. The number of anilines is 1. The molecule has 1 heterocycles. The van der Waals surface area contributed by atoms with Crippen molar-refractivity contribution in [2.45, 2.75) is 6.42 Å². The number of hydrogen-bond donors (Lipinski definition) is 3. The van der Waals surface area contributed by atoms with Gasteiger partial charge in [-0.15, -0.1) is 0 Å². The maximum Gasteiger partial charge on any atom is 0.239 e. The normalized spacial score (nSPS) is 9.42. The van der Waals surface area contributed by atoms with Crippen LogP contribution >= 0.6 is 0 Å². The molecular formula is C7H10N4O. The van der Waals surface area contributed by atoms with Gasteiger partial charge in [0.25, 0.3) is 0 Å². The average molecular weight is 166 g/mol. The van der Waals surface area contributed by atoms with E-state index in [0.717, 1.165) is 0 Å². The van der Waals surface area contributed by atoms with Crippen LogP contribution in [0.3, 0.4) is 0 Å². The van der Waals surface area contributed by atoms with E-state index in [1.807, 2.05) is 5.43 Å². The zero-order valence-electron chi connectivity index (χ0n) is 6.45. The van der Waals surface area contributed by atoms with Gasteiger partial charge in [0.05, 0.1) is 12.1 Å². The fraction of sp³-hybridized carbons (Fsp3) is 0.143. The van der Waals surface area contributed by atoms with E-state index in [4.69, 9.17) is 11.6 Å². The van der Waals surface area contributed by atoms with Gasteiger partial charge in [0.2, 0.25) is 5.91 Å². The van der Waals surface area contributed by atoms with Gasteiger partial charge in [-0.2, -0.15) is 0 Å². The second kappa shape index (κ2) is 3.68. The molecule has 0 radical (unpaired) electrons. The van der Waals surface area contributed by atoms with Crippen LogP contribution in [0.1, 0.15) is 5.69 Å². The van der Waals surface area contributed by atoms with Crippen LogP contribution in [0.2, 0.25) is 0 Å². The second-order valence-electron chi connectivity index (χ2n) is 2.30. The predicted molar refractivity (Wildman–Crippen MR) is 44.7 cm³/mol. The summed E-state index contributed by atoms with van der Waals surface area (Å²) in [6.07, 6.45) is 0.154. The average Bonchev–Trinajstić information content (AvgIpc) is 2.04. The minimum Gasteiger partial charge on any atom is -0.384 e. The van der Waals surface area contributed by atoms with E-state index in [1.165, 1.54) is 0 Å². The molecule has 0 aromatic carbocycles. The molecule has 1 aromatic heterocycles. The van der Waals surface area contributed by atoms with Crippen LogP contribution in [0, 0.1) is 0 Å². The first-order valence-corrected chi connectivity index (χ1v) is 3.43. The number of hydrazine groups is 1. The lowest BCUT2D eigenvalue weighted by molar-refractivity contribution is -0.120. The summed E-state index contributed by atoms with van der Waals surface area (Å²) in [6.45, 7) is 0. The quantitative estimate of drug-likeness (QED) is 0.304. The van der Waals surface area contributed by atoms with Gasteiger partial charge in [0.1, 0.15) is 5.82 Å². The molecule has 0 aliphatic rings. The Morgan fingerprint density at radius 1 is 1.58 bits per heavy atom. The predicted octanol–water partition coefficient (Wildman–Crippen LogP) is -0.804. The number of nitrogens with two attached hydrogens (primary N) is 2. The smallest absolute Gasteiger partial charge is 0.239 e. The van der Waals surface area contributed by atoms with Gasteiger partial charge in [-0.3, -0.25) is 10.2 Å². The molecule has 0 aliphatic carbocycles. The van der Waals surface area contributed by atoms with E-state index in [1.54, 1.807) is 18.2 Å². The number of rotatable bonds is 2. The molecule has 12 heavy (non-hydrogen) atoms. The molecule has 5 N–H and O–H groups in total. The first-order chi connectivity index (χ1) is 5.72. The molecule has 64 valence electrons. The van der Waals surface area contributed by atoms with E-state index in [-0.39, 0.29) is 12.3 Å². The Kier molecular flexibility index (Phi) is 2.60. The summed E-state index contributed by atoms with van der Waals surface area (Å²) in [4.78, 5) is 14.7. The Hall–Kier alpha value is -1.62. The van der Waals surface area contributed by atoms with Crippen molar-refractivity contribution in [3.8, 4) is 0 Å². The SMILES string of the molecule is NNC(=O)Cc1cccc(N)n1. The zero-order valence-corrected chi connectivity index (χ0v) is 6.45. The van der Waals surface area contributed by atoms with Gasteiger partial charge in [0, 0.05) is 0 Å². The lowest BCUT2D eigenvalue weighted by Gasteiger charge is -1.99. The summed E-state index contributed by atoms with van der Waals surface area (Å²) in [7, 11) is 0. The fourth-order valence-electron chi connectivity index (χ4n) is 0.812. The second-order valence-corrected chi connectivity index (χ2v) is 2.30. The van der Waals surface area contributed by atoms with Gasteiger partial charge < -0.3 is 5.73 Å². The summed E-state index contributed by atoms with van der Waals surface area (Å²) in [5.74, 6) is 5.02. The molecule has 1 amide bonds. The highest BCUT2D eigenvalue weighted by atomic mass is 16.2. The number of nitrogen functional groups attached to an aromatic ring is 1. The van der Waals surface area contributed by atoms with Gasteiger partial charge in [-0.25, -0.2) is 10.8 Å². The number of carbonyl (C=O) groups excluding carboxylic acids is 1. The van der Waals surface area contributed by atoms with Crippen LogP contribution in [0.4, 0.5) is 5.82 Å². The number of carbonyl (C=O) groups is 1. The Balaban J connectivity index is 2.69. The van der Waals surface area contributed by atoms with Crippen LogP contribution in [-0.4, -0.2) is 10.9 Å². The highest BCUT2D eigenvalue weighted by Gasteiger charge is 2.01. The van der Waals surface area contributed by atoms with Crippen molar-refractivity contribution in [3.05, 3.63) is 23.9 Å². The Bertz CT molecular complexity index is 286. The van der Waals surface area contributed by atoms with Crippen LogP contribution in [0.15, 0.2) is 18.2 Å². The summed E-state index contributed by atoms with van der Waals surface area (Å²) in [5, 5.41) is 0. The highest BCUT2D eigenvalue weighted by molar-refractivity contribution is 5.77. The monoisotopic (exact) mass is 166 g/mol. The third kappa shape index (κ3) is 2.21. The minimum absolute atomic E-state index is 0.154. The lowest BCUT2D eigenvalue weighted by atomic mass is 10.2. The summed E-state index contributed by atoms with van der Waals surface area (Å²) in [5.41, 5.74) is 8.02. The first kappa shape index (κ1) is 8.48. The largest absolute Gasteiger partial charge is 0.384 e. The molecule has 0 bridgehead atoms. The number of nitrogens with one attached hydrogen (secondary N) is 1. The van der Waals surface area contributed by atoms with Crippen LogP contribution in [0.5, 0.6) is 0 Å². The van der Waals surface area contributed by atoms with Crippen molar-refractivity contribution in [2.75, 3.05) is 5.73 Å². The third-order valence-corrected chi connectivity index (χ3v) is 1.33. The number of aromatic nitrogens is 1. The minimum atomic E-state index is -0.284. The molecule has 0 spiro atoms. The van der Waals surface area contributed by atoms with Crippen molar-refractivity contribution in [1.29, 1.82) is 0 Å². The molecule has 1 aromatic rings. The van der Waals surface area contributed by atoms with Crippen LogP contribution < -0.4 is 17.0 Å². The van der Waals surface area contributed by atoms with Gasteiger partial charge in [0.15, 0.2) is 0 Å². The summed E-state index contributed by atoms with van der Waals surface area (Å²) < 4.78 is 0. The van der Waals surface area contributed by atoms with E-state index in [9.17, 15) is 4.79 Å². The topological polar surface area (TPSA) is 94.0 Å². The fourth-order valence-corrected chi connectivity index (χ4v) is 0.812. The number of nitrogens with zero attached hydrogens (tertiary/aromatic N) is 1. The van der Waals surface area contributed by atoms with E-state index in [0.29, 0.717) is 11.5 Å². The van der Waals surface area contributed by atoms with Gasteiger partial charge in [-0.1, -0.05) is 6.07 Å². The van der Waals surface area contributed by atoms with Crippen molar-refractivity contribution >= 4 is 11.7 Å². The molecule has 0 saturated heterocycles. The first-order valence-electron chi connectivity index (χ1n) is 3.43. The Labute approximate surface area is 69.7 Å². The van der Waals surface area contributed by atoms with Crippen molar-refractivity contribution in [1.82, 2.24) is 10.4 Å². The molecule has 0 aliphatic heterocycles. The van der Waals surface area contributed by atoms with E-state index < -0.39 is 0 Å². The maximum atomic E-state index is 10.8. The van der Waals surface area contributed by atoms with Crippen molar-refractivity contribution in [3.63, 3.8) is 0 Å². The molecule has 0 fully saturated rings. The van der Waals surface area contributed by atoms with E-state index in [2.05, 4.69) is 4.98 Å². The molecular weight excluding hydrogens is 156 g/mol. The van der Waals surface area contributed by atoms with E-state index >= 15 is 0 Å². The molecule has 0 saturated carbocycles. The molecule has 0 unspecified atom stereocenters. The maximum absolute atomic E-state index is 10.8. The third-order valence-electron chi connectivity index (χ3n) is 1.33. The lowest BCUT2D eigenvalue weighted by Crippen LogP contribution is -2.31. The Morgan fingerprint density at radius 3 is 2.92 bits per heavy atom. The molecule has 5 heteroatoms. The Morgan fingerprint density at radius 2 is 2.33 bits per heavy atom. The van der Waals surface area contributed by atoms with Gasteiger partial charge in [-0.05, 0) is 12.1 Å². The highest BCUT2D eigenvalue weighted by Crippen LogP contribution is 2.00. The molecule has 0 atom stereocenters. The van der Waals surface area contributed by atoms with Crippen molar-refractivity contribution in [2.24, 2.45) is 5.84 Å². The van der Waals surface area contributed by atoms with Crippen molar-refractivity contribution < 1.29 is 4.79 Å². The summed E-state index contributed by atoms with van der Waals surface area (Å²) >= 11 is 0. The van der Waals surface area contributed by atoms with Gasteiger partial charge >= 0.3 is 0 Å². The standard InChI is InChI=1S/C7H10N4O/c8-6-3-1-2-5(10-6)4-7(12)11-9/h1-3H,4,9H2,(H2,8,10)(H,11,12). The number of hydrogen-bond acceptors (Lipinski definition) is 4. The molecule has 1 rings (SSSR count). The van der Waals surface area contributed by atoms with Crippen LogP contribution in [-0.2, 0) is 11.2 Å². The zero-order chi connectivity index (χ0) is 8.97. The van der Waals surface area contributed by atoms with Crippen LogP contribution in [0.25, 0.3) is 0 Å².